The number of nitrogens with zero attached hydrogens (tertiary/aromatic N) is 2. The van der Waals surface area contributed by atoms with Gasteiger partial charge in [-0.2, -0.15) is 0 Å². The van der Waals surface area contributed by atoms with Gasteiger partial charge < -0.3 is 19.2 Å². The minimum absolute atomic E-state index is 0.0684. The van der Waals surface area contributed by atoms with Gasteiger partial charge in [0.05, 0.1) is 11.1 Å². The zero-order valence-electron chi connectivity index (χ0n) is 16.0. The van der Waals surface area contributed by atoms with Crippen LogP contribution >= 0.6 is 0 Å². The highest BCUT2D eigenvalue weighted by Gasteiger charge is 2.30. The molecule has 1 unspecified atom stereocenters. The van der Waals surface area contributed by atoms with Gasteiger partial charge >= 0.3 is 0 Å². The van der Waals surface area contributed by atoms with E-state index in [9.17, 15) is 4.79 Å². The Kier molecular flexibility index (Phi) is 5.00. The van der Waals surface area contributed by atoms with Crippen molar-refractivity contribution in [1.29, 1.82) is 0 Å². The number of benzene rings is 1. The molecule has 4 rings (SSSR count). The van der Waals surface area contributed by atoms with Crippen LogP contribution in [-0.4, -0.2) is 34.1 Å². The van der Waals surface area contributed by atoms with Gasteiger partial charge in [-0.1, -0.05) is 6.07 Å². The summed E-state index contributed by atoms with van der Waals surface area (Å²) in [4.78, 5) is 21.0. The molecular formula is C21H23N3O4. The van der Waals surface area contributed by atoms with Crippen LogP contribution in [0.5, 0.6) is 5.75 Å². The van der Waals surface area contributed by atoms with Gasteiger partial charge in [0.2, 0.25) is 5.89 Å². The summed E-state index contributed by atoms with van der Waals surface area (Å²) in [5.74, 6) is 0.798. The summed E-state index contributed by atoms with van der Waals surface area (Å²) in [7, 11) is 0. The lowest BCUT2D eigenvalue weighted by molar-refractivity contribution is -0.0615. The number of carbonyl (C=O) groups is 1. The van der Waals surface area contributed by atoms with Crippen LogP contribution in [-0.2, 0) is 11.3 Å². The predicted molar refractivity (Wildman–Crippen MR) is 103 cm³/mol. The Morgan fingerprint density at radius 2 is 2.25 bits per heavy atom. The number of fused-ring (bicyclic) bond motifs is 1. The smallest absolute Gasteiger partial charge is 0.273 e. The molecule has 146 valence electrons. The van der Waals surface area contributed by atoms with Crippen LogP contribution in [0.3, 0.4) is 0 Å². The highest BCUT2D eigenvalue weighted by atomic mass is 16.5. The molecule has 1 fully saturated rings. The Hall–Kier alpha value is -2.93. The van der Waals surface area contributed by atoms with E-state index in [2.05, 4.69) is 15.3 Å². The van der Waals surface area contributed by atoms with Crippen molar-refractivity contribution < 1.29 is 18.7 Å². The van der Waals surface area contributed by atoms with E-state index >= 15 is 0 Å². The summed E-state index contributed by atoms with van der Waals surface area (Å²) >= 11 is 0. The Morgan fingerprint density at radius 1 is 1.36 bits per heavy atom. The van der Waals surface area contributed by atoms with E-state index < -0.39 is 0 Å². The lowest BCUT2D eigenvalue weighted by Gasteiger charge is -2.35. The molecule has 1 N–H and O–H groups in total. The second kappa shape index (κ2) is 7.59. The molecule has 0 saturated carbocycles. The van der Waals surface area contributed by atoms with E-state index in [0.717, 1.165) is 23.7 Å². The second-order valence-corrected chi connectivity index (χ2v) is 7.54. The van der Waals surface area contributed by atoms with Crippen LogP contribution in [0.4, 0.5) is 0 Å². The van der Waals surface area contributed by atoms with E-state index in [-0.39, 0.29) is 29.9 Å². The Balaban J connectivity index is 1.35. The number of rotatable bonds is 5. The van der Waals surface area contributed by atoms with Gasteiger partial charge in [0, 0.05) is 24.2 Å². The van der Waals surface area contributed by atoms with E-state index in [0.29, 0.717) is 18.2 Å². The summed E-state index contributed by atoms with van der Waals surface area (Å²) in [6.45, 7) is 4.83. The molecule has 1 aliphatic rings. The molecule has 0 bridgehead atoms. The molecule has 2 aromatic heterocycles. The highest BCUT2D eigenvalue weighted by molar-refractivity contribution is 5.92. The summed E-state index contributed by atoms with van der Waals surface area (Å²) in [6, 6.07) is 9.57. The summed E-state index contributed by atoms with van der Waals surface area (Å²) in [6.07, 6.45) is 4.68. The van der Waals surface area contributed by atoms with Gasteiger partial charge in [-0.15, -0.1) is 0 Å². The third kappa shape index (κ3) is 4.31. The molecule has 1 amide bonds. The molecule has 1 aliphatic heterocycles. The lowest BCUT2D eigenvalue weighted by Crippen LogP contribution is -2.45. The molecule has 3 aromatic rings. The summed E-state index contributed by atoms with van der Waals surface area (Å²) in [5.41, 5.74) is 0.931. The van der Waals surface area contributed by atoms with Crippen LogP contribution in [0.25, 0.3) is 10.9 Å². The second-order valence-electron chi connectivity index (χ2n) is 7.54. The van der Waals surface area contributed by atoms with Gasteiger partial charge in [-0.3, -0.25) is 9.78 Å². The van der Waals surface area contributed by atoms with Gasteiger partial charge in [0.15, 0.2) is 12.3 Å². The number of hydrogen-bond donors (Lipinski definition) is 1. The normalized spacial score (nSPS) is 18.7. The minimum Gasteiger partial charge on any atom is -0.484 e. The molecule has 0 radical (unpaired) electrons. The molecule has 0 spiro atoms. The molecule has 1 saturated heterocycles. The lowest BCUT2D eigenvalue weighted by atomic mass is 9.94. The van der Waals surface area contributed by atoms with E-state index in [1.54, 1.807) is 6.20 Å². The molecule has 1 atom stereocenters. The zero-order chi connectivity index (χ0) is 19.6. The Labute approximate surface area is 163 Å². The van der Waals surface area contributed by atoms with Crippen molar-refractivity contribution >= 4 is 16.8 Å². The zero-order valence-corrected chi connectivity index (χ0v) is 16.0. The number of nitrogens with one attached hydrogen (secondary N) is 1. The van der Waals surface area contributed by atoms with Crippen LogP contribution in [0.15, 0.2) is 47.2 Å². The Bertz CT molecular complexity index is 982. The van der Waals surface area contributed by atoms with Crippen LogP contribution < -0.4 is 10.1 Å². The van der Waals surface area contributed by atoms with Crippen molar-refractivity contribution in [3.8, 4) is 5.75 Å². The maximum Gasteiger partial charge on any atom is 0.273 e. The van der Waals surface area contributed by atoms with Gasteiger partial charge in [-0.25, -0.2) is 4.98 Å². The number of hydrogen-bond acceptors (Lipinski definition) is 6. The first kappa shape index (κ1) is 18.4. The van der Waals surface area contributed by atoms with E-state index in [1.165, 1.54) is 6.26 Å². The fraction of sp³-hybridized carbons (Fsp3) is 0.381. The average Bonchev–Trinajstić information content (AvgIpc) is 3.15. The van der Waals surface area contributed by atoms with E-state index in [4.69, 9.17) is 13.9 Å². The molecule has 1 aromatic carbocycles. The third-order valence-electron chi connectivity index (χ3n) is 4.75. The number of amides is 1. The number of aromatic nitrogens is 2. The third-order valence-corrected chi connectivity index (χ3v) is 4.75. The monoisotopic (exact) mass is 381 g/mol. The largest absolute Gasteiger partial charge is 0.484 e. The molecule has 7 nitrogen and oxygen atoms in total. The maximum absolute atomic E-state index is 12.4. The average molecular weight is 381 g/mol. The number of carbonyl (C=O) groups excluding carboxylic acids is 1. The summed E-state index contributed by atoms with van der Waals surface area (Å²) in [5, 5.41) is 4.00. The van der Waals surface area contributed by atoms with Crippen molar-refractivity contribution in [3.05, 3.63) is 54.4 Å². The predicted octanol–water partition coefficient (Wildman–Crippen LogP) is 3.49. The fourth-order valence-electron chi connectivity index (χ4n) is 3.38. The van der Waals surface area contributed by atoms with Crippen LogP contribution in [0.1, 0.15) is 43.1 Å². The van der Waals surface area contributed by atoms with Crippen molar-refractivity contribution in [2.24, 2.45) is 0 Å². The first-order valence-corrected chi connectivity index (χ1v) is 9.35. The first-order valence-electron chi connectivity index (χ1n) is 9.35. The molecule has 7 heteroatoms. The van der Waals surface area contributed by atoms with Crippen molar-refractivity contribution in [1.82, 2.24) is 15.3 Å². The molecule has 28 heavy (non-hydrogen) atoms. The Morgan fingerprint density at radius 3 is 3.11 bits per heavy atom. The van der Waals surface area contributed by atoms with Crippen molar-refractivity contribution in [2.45, 2.75) is 44.9 Å². The van der Waals surface area contributed by atoms with Gasteiger partial charge in [0.25, 0.3) is 5.91 Å². The van der Waals surface area contributed by atoms with Crippen LogP contribution in [0, 0.1) is 0 Å². The van der Waals surface area contributed by atoms with E-state index in [1.807, 2.05) is 44.2 Å². The standard InChI is InChI=1S/C21H23N3O4/c1-21(2)11-15(7-9-28-21)23-20(25)18-12-27-19(24-18)13-26-16-5-6-17-14(10-16)4-3-8-22-17/h3-6,8,10,12,15H,7,9,11,13H2,1-2H3,(H,23,25). The van der Waals surface area contributed by atoms with Crippen molar-refractivity contribution in [3.63, 3.8) is 0 Å². The molecule has 0 aliphatic carbocycles. The molecular weight excluding hydrogens is 358 g/mol. The minimum atomic E-state index is -0.241. The topological polar surface area (TPSA) is 86.5 Å². The first-order chi connectivity index (χ1) is 13.5. The SMILES string of the molecule is CC1(C)CC(NC(=O)c2coc(COc3ccc4ncccc4c3)n2)CCO1. The van der Waals surface area contributed by atoms with Gasteiger partial charge in [0.1, 0.15) is 12.0 Å². The van der Waals surface area contributed by atoms with Crippen LogP contribution in [0.2, 0.25) is 0 Å². The number of pyridine rings is 1. The summed E-state index contributed by atoms with van der Waals surface area (Å²) < 4.78 is 16.8. The van der Waals surface area contributed by atoms with Gasteiger partial charge in [-0.05, 0) is 51.0 Å². The number of ether oxygens (including phenoxy) is 2. The molecule has 3 heterocycles. The number of oxazole rings is 1. The maximum atomic E-state index is 12.4. The highest BCUT2D eigenvalue weighted by Crippen LogP contribution is 2.24. The fourth-order valence-corrected chi connectivity index (χ4v) is 3.38. The van der Waals surface area contributed by atoms with Crippen molar-refractivity contribution in [2.75, 3.05) is 6.61 Å². The quantitative estimate of drug-likeness (QED) is 0.728.